The number of rotatable bonds is 0. The Morgan fingerprint density at radius 3 is 2.18 bits per heavy atom. The Hall–Kier alpha value is -2.55. The molecular formula is C30H22BrClO. The van der Waals surface area contributed by atoms with E-state index in [1.165, 1.54) is 55.3 Å². The lowest BCUT2D eigenvalue weighted by atomic mass is 9.72. The van der Waals surface area contributed by atoms with Crippen molar-refractivity contribution in [3.8, 4) is 22.3 Å². The third-order valence-electron chi connectivity index (χ3n) is 7.92. The van der Waals surface area contributed by atoms with E-state index in [1.54, 1.807) is 0 Å². The molecule has 0 saturated heterocycles. The van der Waals surface area contributed by atoms with Gasteiger partial charge in [0.05, 0.1) is 0 Å². The minimum Gasteiger partial charge on any atom is -0.455 e. The predicted molar refractivity (Wildman–Crippen MR) is 142 cm³/mol. The molecule has 0 aliphatic heterocycles. The Labute approximate surface area is 206 Å². The van der Waals surface area contributed by atoms with Crippen molar-refractivity contribution in [1.29, 1.82) is 0 Å². The van der Waals surface area contributed by atoms with Crippen LogP contribution in [0.5, 0.6) is 0 Å². The fourth-order valence-electron chi connectivity index (χ4n) is 6.51. The van der Waals surface area contributed by atoms with Crippen LogP contribution in [0.4, 0.5) is 0 Å². The van der Waals surface area contributed by atoms with Gasteiger partial charge in [-0.3, -0.25) is 0 Å². The predicted octanol–water partition coefficient (Wildman–Crippen LogP) is 9.61. The van der Waals surface area contributed by atoms with Gasteiger partial charge >= 0.3 is 0 Å². The maximum atomic E-state index is 6.67. The molecule has 0 spiro atoms. The molecule has 0 N–H and O–H groups in total. The molecule has 2 aliphatic carbocycles. The third-order valence-corrected chi connectivity index (χ3v) is 8.65. The molecule has 0 radical (unpaired) electrons. The van der Waals surface area contributed by atoms with Gasteiger partial charge in [-0.2, -0.15) is 0 Å². The zero-order valence-electron chi connectivity index (χ0n) is 18.9. The molecule has 162 valence electrons. The number of benzene rings is 4. The lowest BCUT2D eigenvalue weighted by molar-refractivity contribution is 0.600. The largest absolute Gasteiger partial charge is 0.455 e. The van der Waals surface area contributed by atoms with Crippen molar-refractivity contribution in [1.82, 2.24) is 0 Å². The van der Waals surface area contributed by atoms with E-state index in [2.05, 4.69) is 98.2 Å². The number of furan rings is 1. The Kier molecular flexibility index (Phi) is 3.68. The second-order valence-electron chi connectivity index (χ2n) is 10.4. The first-order valence-corrected chi connectivity index (χ1v) is 12.5. The first-order valence-electron chi connectivity index (χ1n) is 11.3. The topological polar surface area (TPSA) is 13.1 Å². The summed E-state index contributed by atoms with van der Waals surface area (Å²) >= 11 is 10.2. The van der Waals surface area contributed by atoms with Gasteiger partial charge in [-0.25, -0.2) is 0 Å². The minimum absolute atomic E-state index is 0.158. The number of fused-ring (bicyclic) bond motifs is 12. The number of hydrogen-bond acceptors (Lipinski definition) is 1. The Balaban J connectivity index is 1.79. The van der Waals surface area contributed by atoms with Crippen LogP contribution in [0.1, 0.15) is 49.9 Å². The molecular weight excluding hydrogens is 492 g/mol. The Bertz CT molecular complexity index is 1690. The highest BCUT2D eigenvalue weighted by atomic mass is 79.9. The molecule has 0 saturated carbocycles. The summed E-state index contributed by atoms with van der Waals surface area (Å²) in [5.74, 6) is 0. The molecule has 0 unspecified atom stereocenters. The SMILES string of the molecule is CC1(C)c2cc(Br)ccc2-c2c1c1c(c3c2oc2ccccc23)-c2ccc(Cl)cc2C1(C)C. The van der Waals surface area contributed by atoms with Crippen molar-refractivity contribution in [3.05, 3.63) is 92.4 Å². The van der Waals surface area contributed by atoms with Gasteiger partial charge in [0.2, 0.25) is 0 Å². The van der Waals surface area contributed by atoms with Crippen LogP contribution in [0.2, 0.25) is 5.02 Å². The molecule has 7 rings (SSSR count). The van der Waals surface area contributed by atoms with Crippen molar-refractivity contribution in [2.45, 2.75) is 38.5 Å². The van der Waals surface area contributed by atoms with Crippen LogP contribution >= 0.6 is 27.5 Å². The Morgan fingerprint density at radius 1 is 0.758 bits per heavy atom. The molecule has 2 aliphatic rings. The number of para-hydroxylation sites is 1. The van der Waals surface area contributed by atoms with Gasteiger partial charge in [-0.1, -0.05) is 85.6 Å². The summed E-state index contributed by atoms with van der Waals surface area (Å²) in [7, 11) is 0. The summed E-state index contributed by atoms with van der Waals surface area (Å²) in [4.78, 5) is 0. The maximum Gasteiger partial charge on any atom is 0.144 e. The summed E-state index contributed by atoms with van der Waals surface area (Å²) in [6.07, 6.45) is 0. The summed E-state index contributed by atoms with van der Waals surface area (Å²) in [5, 5.41) is 3.18. The quantitative estimate of drug-likeness (QED) is 0.201. The normalized spacial score (nSPS) is 16.7. The number of hydrogen-bond donors (Lipinski definition) is 0. The van der Waals surface area contributed by atoms with E-state index in [9.17, 15) is 0 Å². The van der Waals surface area contributed by atoms with Crippen LogP contribution in [-0.4, -0.2) is 0 Å². The Morgan fingerprint density at radius 2 is 1.39 bits per heavy atom. The summed E-state index contributed by atoms with van der Waals surface area (Å²) in [5.41, 5.74) is 12.1. The van der Waals surface area contributed by atoms with Crippen LogP contribution < -0.4 is 0 Å². The van der Waals surface area contributed by atoms with Gasteiger partial charge in [-0.05, 0) is 69.3 Å². The van der Waals surface area contributed by atoms with E-state index in [4.69, 9.17) is 16.0 Å². The van der Waals surface area contributed by atoms with Crippen LogP contribution in [-0.2, 0) is 10.8 Å². The number of halogens is 2. The van der Waals surface area contributed by atoms with E-state index < -0.39 is 0 Å². The van der Waals surface area contributed by atoms with Crippen LogP contribution in [0.25, 0.3) is 44.2 Å². The lowest BCUT2D eigenvalue weighted by Gasteiger charge is -2.31. The van der Waals surface area contributed by atoms with Gasteiger partial charge in [0.25, 0.3) is 0 Å². The maximum absolute atomic E-state index is 6.67. The van der Waals surface area contributed by atoms with E-state index in [-0.39, 0.29) is 10.8 Å². The van der Waals surface area contributed by atoms with Gasteiger partial charge in [-0.15, -0.1) is 0 Å². The van der Waals surface area contributed by atoms with Crippen molar-refractivity contribution < 1.29 is 4.42 Å². The fraction of sp³-hybridized carbons (Fsp3) is 0.200. The first kappa shape index (κ1) is 19.9. The highest BCUT2D eigenvalue weighted by molar-refractivity contribution is 9.10. The highest BCUT2D eigenvalue weighted by Crippen LogP contribution is 2.63. The molecule has 1 aromatic heterocycles. The van der Waals surface area contributed by atoms with Gasteiger partial charge < -0.3 is 4.42 Å². The van der Waals surface area contributed by atoms with Gasteiger partial charge in [0.15, 0.2) is 0 Å². The highest BCUT2D eigenvalue weighted by Gasteiger charge is 2.48. The average molecular weight is 514 g/mol. The molecule has 3 heteroatoms. The molecule has 33 heavy (non-hydrogen) atoms. The molecule has 4 aromatic carbocycles. The molecule has 0 amide bonds. The van der Waals surface area contributed by atoms with Crippen molar-refractivity contribution in [3.63, 3.8) is 0 Å². The summed E-state index contributed by atoms with van der Waals surface area (Å²) in [6.45, 7) is 9.39. The zero-order chi connectivity index (χ0) is 22.9. The molecule has 5 aromatic rings. The van der Waals surface area contributed by atoms with Crippen molar-refractivity contribution in [2.24, 2.45) is 0 Å². The third kappa shape index (κ3) is 2.29. The molecule has 0 bridgehead atoms. The van der Waals surface area contributed by atoms with E-state index in [1.807, 2.05) is 6.07 Å². The van der Waals surface area contributed by atoms with Crippen LogP contribution in [0.3, 0.4) is 0 Å². The van der Waals surface area contributed by atoms with E-state index >= 15 is 0 Å². The van der Waals surface area contributed by atoms with Gasteiger partial charge in [0.1, 0.15) is 11.2 Å². The zero-order valence-corrected chi connectivity index (χ0v) is 21.3. The molecule has 0 atom stereocenters. The minimum atomic E-state index is -0.178. The van der Waals surface area contributed by atoms with Gasteiger partial charge in [0, 0.05) is 36.7 Å². The summed E-state index contributed by atoms with van der Waals surface area (Å²) in [6, 6.07) is 21.5. The smallest absolute Gasteiger partial charge is 0.144 e. The van der Waals surface area contributed by atoms with E-state index in [0.29, 0.717) is 0 Å². The van der Waals surface area contributed by atoms with E-state index in [0.717, 1.165) is 20.7 Å². The van der Waals surface area contributed by atoms with Crippen LogP contribution in [0.15, 0.2) is 69.6 Å². The second kappa shape index (κ2) is 6.11. The molecule has 0 fully saturated rings. The average Bonchev–Trinajstić information content (AvgIpc) is 3.34. The lowest BCUT2D eigenvalue weighted by Crippen LogP contribution is -2.24. The monoisotopic (exact) mass is 512 g/mol. The molecule has 1 heterocycles. The van der Waals surface area contributed by atoms with Crippen LogP contribution in [0, 0.1) is 0 Å². The first-order chi connectivity index (χ1) is 15.7. The fourth-order valence-corrected chi connectivity index (χ4v) is 7.04. The van der Waals surface area contributed by atoms with Crippen molar-refractivity contribution >= 4 is 49.5 Å². The van der Waals surface area contributed by atoms with Crippen molar-refractivity contribution in [2.75, 3.05) is 0 Å². The standard InChI is InChI=1S/C30H22BrClO/c1-29(2)20-13-15(31)9-11-18(20)25-27(29)26-23(17-12-10-16(32)14-21(17)30(26,3)4)24-19-7-5-6-8-22(19)33-28(24)25/h5-14H,1-4H3. The summed E-state index contributed by atoms with van der Waals surface area (Å²) < 4.78 is 7.78. The molecule has 1 nitrogen and oxygen atoms in total. The second-order valence-corrected chi connectivity index (χ2v) is 11.8.